The van der Waals surface area contributed by atoms with Crippen LogP contribution in [0.1, 0.15) is 11.1 Å². The van der Waals surface area contributed by atoms with Crippen molar-refractivity contribution in [3.05, 3.63) is 109 Å². The Bertz CT molecular complexity index is 1140. The molecule has 0 unspecified atom stereocenters. The van der Waals surface area contributed by atoms with E-state index >= 15 is 0 Å². The SMILES string of the molecule is C=Cc1ccc(Nc2ccc(-c3ccc(C)c(-c4cccc[n+]4C)c3)cc2)cc1. The summed E-state index contributed by atoms with van der Waals surface area (Å²) in [5, 5.41) is 3.45. The van der Waals surface area contributed by atoms with Crippen LogP contribution in [0, 0.1) is 6.92 Å². The standard InChI is InChI=1S/C27H25N2/c1-4-21-9-14-24(15-10-21)28-25-16-12-22(13-17-25)23-11-8-20(2)26(19-23)27-7-5-6-18-29(27)3/h4-19,28H,1H2,2-3H3/q+1. The molecule has 1 heterocycles. The first kappa shape index (κ1) is 18.7. The quantitative estimate of drug-likeness (QED) is 0.390. The Balaban J connectivity index is 1.60. The van der Waals surface area contributed by atoms with Crippen LogP contribution < -0.4 is 9.88 Å². The predicted molar refractivity (Wildman–Crippen MR) is 123 cm³/mol. The maximum absolute atomic E-state index is 3.80. The molecule has 0 radical (unpaired) electrons. The van der Waals surface area contributed by atoms with Gasteiger partial charge in [0.1, 0.15) is 7.05 Å². The van der Waals surface area contributed by atoms with Crippen LogP contribution in [0.25, 0.3) is 28.5 Å². The highest BCUT2D eigenvalue weighted by Crippen LogP contribution is 2.29. The van der Waals surface area contributed by atoms with Gasteiger partial charge in [-0.25, -0.2) is 4.57 Å². The maximum atomic E-state index is 3.80. The minimum absolute atomic E-state index is 1.07. The summed E-state index contributed by atoms with van der Waals surface area (Å²) in [7, 11) is 2.09. The molecule has 29 heavy (non-hydrogen) atoms. The van der Waals surface area contributed by atoms with E-state index in [1.54, 1.807) is 0 Å². The fourth-order valence-corrected chi connectivity index (χ4v) is 3.50. The molecule has 1 N–H and O–H groups in total. The van der Waals surface area contributed by atoms with Crippen LogP contribution in [0.4, 0.5) is 11.4 Å². The number of hydrogen-bond acceptors (Lipinski definition) is 1. The van der Waals surface area contributed by atoms with Crippen LogP contribution in [0.15, 0.2) is 97.7 Å². The first-order chi connectivity index (χ1) is 14.1. The summed E-state index contributed by atoms with van der Waals surface area (Å²) in [6.07, 6.45) is 3.94. The van der Waals surface area contributed by atoms with E-state index in [2.05, 4.69) is 122 Å². The Morgan fingerprint density at radius 3 is 2.10 bits per heavy atom. The largest absolute Gasteiger partial charge is 0.356 e. The molecule has 4 aromatic rings. The fourth-order valence-electron chi connectivity index (χ4n) is 3.50. The van der Waals surface area contributed by atoms with Gasteiger partial charge in [0.25, 0.3) is 0 Å². The molecule has 0 atom stereocenters. The number of hydrogen-bond donors (Lipinski definition) is 1. The number of anilines is 2. The number of aromatic nitrogens is 1. The van der Waals surface area contributed by atoms with Crippen molar-refractivity contribution >= 4 is 17.5 Å². The van der Waals surface area contributed by atoms with Crippen LogP contribution in [0.3, 0.4) is 0 Å². The normalized spacial score (nSPS) is 10.6. The van der Waals surface area contributed by atoms with Gasteiger partial charge in [-0.2, -0.15) is 0 Å². The summed E-state index contributed by atoms with van der Waals surface area (Å²) < 4.78 is 2.16. The van der Waals surface area contributed by atoms with E-state index in [1.807, 2.05) is 6.08 Å². The second-order valence-electron chi connectivity index (χ2n) is 7.25. The topological polar surface area (TPSA) is 15.9 Å². The summed E-state index contributed by atoms with van der Waals surface area (Å²) in [4.78, 5) is 0. The van der Waals surface area contributed by atoms with Crippen molar-refractivity contribution in [1.82, 2.24) is 0 Å². The van der Waals surface area contributed by atoms with Gasteiger partial charge in [-0.15, -0.1) is 0 Å². The van der Waals surface area contributed by atoms with Crippen LogP contribution >= 0.6 is 0 Å². The van der Waals surface area contributed by atoms with Gasteiger partial charge in [-0.3, -0.25) is 0 Å². The zero-order chi connectivity index (χ0) is 20.2. The van der Waals surface area contributed by atoms with Crippen LogP contribution in [0.2, 0.25) is 0 Å². The minimum atomic E-state index is 1.07. The van der Waals surface area contributed by atoms with Crippen molar-refractivity contribution in [3.8, 4) is 22.4 Å². The summed E-state index contributed by atoms with van der Waals surface area (Å²) in [5.74, 6) is 0. The molecule has 142 valence electrons. The maximum Gasteiger partial charge on any atom is 0.212 e. The molecule has 0 aliphatic carbocycles. The summed E-state index contributed by atoms with van der Waals surface area (Å²) in [5.41, 5.74) is 9.43. The van der Waals surface area contributed by atoms with Gasteiger partial charge in [0.15, 0.2) is 6.20 Å². The highest BCUT2D eigenvalue weighted by atomic mass is 14.9. The van der Waals surface area contributed by atoms with Gasteiger partial charge >= 0.3 is 0 Å². The van der Waals surface area contributed by atoms with Crippen LogP contribution in [-0.4, -0.2) is 0 Å². The van der Waals surface area contributed by atoms with E-state index in [1.165, 1.54) is 27.9 Å². The zero-order valence-corrected chi connectivity index (χ0v) is 16.9. The Kier molecular flexibility index (Phi) is 5.26. The summed E-state index contributed by atoms with van der Waals surface area (Å²) in [6, 6.07) is 29.8. The molecule has 2 nitrogen and oxygen atoms in total. The van der Waals surface area contributed by atoms with E-state index < -0.39 is 0 Å². The average molecular weight is 378 g/mol. The minimum Gasteiger partial charge on any atom is -0.356 e. The van der Waals surface area contributed by atoms with E-state index in [0.717, 1.165) is 16.9 Å². The van der Waals surface area contributed by atoms with E-state index in [4.69, 9.17) is 0 Å². The van der Waals surface area contributed by atoms with Gasteiger partial charge in [-0.05, 0) is 65.6 Å². The number of nitrogens with zero attached hydrogens (tertiary/aromatic N) is 1. The monoisotopic (exact) mass is 377 g/mol. The first-order valence-electron chi connectivity index (χ1n) is 9.80. The number of pyridine rings is 1. The van der Waals surface area contributed by atoms with Crippen molar-refractivity contribution in [2.24, 2.45) is 7.05 Å². The highest BCUT2D eigenvalue weighted by molar-refractivity contribution is 5.74. The lowest BCUT2D eigenvalue weighted by Crippen LogP contribution is -2.30. The molecule has 0 amide bonds. The Hall–Kier alpha value is -3.65. The van der Waals surface area contributed by atoms with E-state index in [0.29, 0.717) is 0 Å². The van der Waals surface area contributed by atoms with Gasteiger partial charge in [-0.1, -0.05) is 49.1 Å². The van der Waals surface area contributed by atoms with E-state index in [9.17, 15) is 0 Å². The molecule has 1 aromatic heterocycles. The molecule has 0 spiro atoms. The lowest BCUT2D eigenvalue weighted by Gasteiger charge is -2.10. The zero-order valence-electron chi connectivity index (χ0n) is 16.9. The molecule has 0 aliphatic heterocycles. The molecule has 4 rings (SSSR count). The second kappa shape index (κ2) is 8.15. The fraction of sp³-hybridized carbons (Fsp3) is 0.0741. The molecule has 3 aromatic carbocycles. The first-order valence-corrected chi connectivity index (χ1v) is 9.80. The highest BCUT2D eigenvalue weighted by Gasteiger charge is 2.12. The Labute approximate surface area is 172 Å². The molecule has 0 saturated heterocycles. The number of nitrogens with one attached hydrogen (secondary N) is 1. The van der Waals surface area contributed by atoms with Crippen molar-refractivity contribution in [1.29, 1.82) is 0 Å². The smallest absolute Gasteiger partial charge is 0.212 e. The van der Waals surface area contributed by atoms with Crippen molar-refractivity contribution in [3.63, 3.8) is 0 Å². The van der Waals surface area contributed by atoms with Gasteiger partial charge in [0, 0.05) is 29.1 Å². The molecule has 2 heteroatoms. The van der Waals surface area contributed by atoms with Crippen LogP contribution in [0.5, 0.6) is 0 Å². The summed E-state index contributed by atoms with van der Waals surface area (Å²) in [6.45, 7) is 5.96. The van der Waals surface area contributed by atoms with Crippen molar-refractivity contribution < 1.29 is 4.57 Å². The van der Waals surface area contributed by atoms with Gasteiger partial charge < -0.3 is 5.32 Å². The summed E-state index contributed by atoms with van der Waals surface area (Å²) >= 11 is 0. The van der Waals surface area contributed by atoms with Gasteiger partial charge in [0.05, 0.1) is 0 Å². The number of rotatable bonds is 5. The van der Waals surface area contributed by atoms with Crippen molar-refractivity contribution in [2.75, 3.05) is 5.32 Å². The average Bonchev–Trinajstić information content (AvgIpc) is 2.76. The third-order valence-electron chi connectivity index (χ3n) is 5.22. The number of aryl methyl sites for hydroxylation is 2. The van der Waals surface area contributed by atoms with E-state index in [-0.39, 0.29) is 0 Å². The molecule has 0 saturated carbocycles. The predicted octanol–water partition coefficient (Wildman–Crippen LogP) is 6.54. The molecule has 0 aliphatic rings. The van der Waals surface area contributed by atoms with Crippen molar-refractivity contribution in [2.45, 2.75) is 6.92 Å². The number of benzene rings is 3. The third-order valence-corrected chi connectivity index (χ3v) is 5.22. The molecular formula is C27H25N2+. The van der Waals surface area contributed by atoms with Gasteiger partial charge in [0.2, 0.25) is 5.69 Å². The molecule has 0 bridgehead atoms. The second-order valence-corrected chi connectivity index (χ2v) is 7.25. The Morgan fingerprint density at radius 2 is 1.45 bits per heavy atom. The lowest BCUT2D eigenvalue weighted by atomic mass is 9.97. The lowest BCUT2D eigenvalue weighted by molar-refractivity contribution is -0.660. The molecule has 0 fully saturated rings. The molecular weight excluding hydrogens is 352 g/mol. The Morgan fingerprint density at radius 1 is 0.793 bits per heavy atom. The van der Waals surface area contributed by atoms with Crippen LogP contribution in [-0.2, 0) is 7.05 Å². The third kappa shape index (κ3) is 4.12.